The molecule has 0 atom stereocenters. The molecule has 0 aromatic heterocycles. The summed E-state index contributed by atoms with van der Waals surface area (Å²) in [5.74, 6) is 0.865. The van der Waals surface area contributed by atoms with Crippen LogP contribution in [0.4, 0.5) is 5.69 Å². The minimum Gasteiger partial charge on any atom is -0.383 e. The van der Waals surface area contributed by atoms with Crippen LogP contribution in [0.5, 0.6) is 0 Å². The first-order valence-electron chi connectivity index (χ1n) is 5.45. The van der Waals surface area contributed by atoms with Gasteiger partial charge in [-0.25, -0.2) is 0 Å². The first-order chi connectivity index (χ1) is 7.27. The fourth-order valence-electron chi connectivity index (χ4n) is 2.13. The second-order valence-corrected chi connectivity index (χ2v) is 5.84. The summed E-state index contributed by atoms with van der Waals surface area (Å²) in [4.78, 5) is 0. The molecule has 1 N–H and O–H groups in total. The molecule has 82 valence electrons. The van der Waals surface area contributed by atoms with Gasteiger partial charge in [0.1, 0.15) is 0 Å². The maximum atomic E-state index is 3.56. The standard InChI is InChI=1S/C12H15Br2N/c13-10-6-3-7-11(14)12(10)15-8-9-4-1-2-5-9/h3,6-7,9,15H,1-2,4-5,8H2. The van der Waals surface area contributed by atoms with Gasteiger partial charge in [-0.15, -0.1) is 0 Å². The summed E-state index contributed by atoms with van der Waals surface area (Å²) < 4.78 is 2.27. The van der Waals surface area contributed by atoms with E-state index in [2.05, 4.69) is 49.3 Å². The smallest absolute Gasteiger partial charge is 0.0629 e. The van der Waals surface area contributed by atoms with Crippen LogP contribution < -0.4 is 5.32 Å². The van der Waals surface area contributed by atoms with Crippen LogP contribution in [0.15, 0.2) is 27.1 Å². The van der Waals surface area contributed by atoms with Gasteiger partial charge >= 0.3 is 0 Å². The molecule has 0 spiro atoms. The van der Waals surface area contributed by atoms with Gasteiger partial charge in [-0.1, -0.05) is 18.9 Å². The highest BCUT2D eigenvalue weighted by atomic mass is 79.9. The molecule has 0 heterocycles. The lowest BCUT2D eigenvalue weighted by atomic mass is 10.1. The number of nitrogens with one attached hydrogen (secondary N) is 1. The summed E-state index contributed by atoms with van der Waals surface area (Å²) in [7, 11) is 0. The van der Waals surface area contributed by atoms with Crippen molar-refractivity contribution >= 4 is 37.5 Å². The van der Waals surface area contributed by atoms with E-state index in [4.69, 9.17) is 0 Å². The predicted octanol–water partition coefficient (Wildman–Crippen LogP) is 4.81. The van der Waals surface area contributed by atoms with Crippen molar-refractivity contribution in [2.24, 2.45) is 5.92 Å². The zero-order valence-electron chi connectivity index (χ0n) is 8.60. The van der Waals surface area contributed by atoms with Gasteiger partial charge in [0.25, 0.3) is 0 Å². The summed E-state index contributed by atoms with van der Waals surface area (Å²) in [6.45, 7) is 1.10. The van der Waals surface area contributed by atoms with E-state index in [0.29, 0.717) is 0 Å². The molecule has 1 fully saturated rings. The Kier molecular flexibility index (Phi) is 4.09. The van der Waals surface area contributed by atoms with Crippen LogP contribution in [0.3, 0.4) is 0 Å². The van der Waals surface area contributed by atoms with Crippen LogP contribution in [-0.4, -0.2) is 6.54 Å². The largest absolute Gasteiger partial charge is 0.383 e. The molecule has 15 heavy (non-hydrogen) atoms. The average molecular weight is 333 g/mol. The minimum absolute atomic E-state index is 0.865. The van der Waals surface area contributed by atoms with Crippen LogP contribution >= 0.6 is 31.9 Å². The topological polar surface area (TPSA) is 12.0 Å². The van der Waals surface area contributed by atoms with Crippen molar-refractivity contribution in [3.63, 3.8) is 0 Å². The van der Waals surface area contributed by atoms with E-state index in [-0.39, 0.29) is 0 Å². The van der Waals surface area contributed by atoms with Crippen LogP contribution in [0.25, 0.3) is 0 Å². The molecule has 1 nitrogen and oxygen atoms in total. The molecule has 0 bridgehead atoms. The van der Waals surface area contributed by atoms with Gasteiger partial charge in [0.05, 0.1) is 5.69 Å². The molecule has 3 heteroatoms. The summed E-state index contributed by atoms with van der Waals surface area (Å²) in [6, 6.07) is 6.18. The van der Waals surface area contributed by atoms with Gasteiger partial charge in [-0.2, -0.15) is 0 Å². The molecular formula is C12H15Br2N. The van der Waals surface area contributed by atoms with E-state index in [0.717, 1.165) is 21.4 Å². The van der Waals surface area contributed by atoms with E-state index < -0.39 is 0 Å². The minimum atomic E-state index is 0.865. The molecule has 1 aliphatic rings. The number of halogens is 2. The van der Waals surface area contributed by atoms with Crippen LogP contribution in [0, 0.1) is 5.92 Å². The molecule has 0 saturated heterocycles. The van der Waals surface area contributed by atoms with E-state index in [9.17, 15) is 0 Å². The van der Waals surface area contributed by atoms with E-state index in [1.807, 2.05) is 6.07 Å². The third-order valence-electron chi connectivity index (χ3n) is 3.01. The number of anilines is 1. The molecule has 1 aliphatic carbocycles. The maximum Gasteiger partial charge on any atom is 0.0629 e. The van der Waals surface area contributed by atoms with Gasteiger partial charge in [0, 0.05) is 15.5 Å². The third-order valence-corrected chi connectivity index (χ3v) is 4.33. The number of rotatable bonds is 3. The van der Waals surface area contributed by atoms with Crippen LogP contribution in [-0.2, 0) is 0 Å². The second kappa shape index (κ2) is 5.35. The zero-order valence-corrected chi connectivity index (χ0v) is 11.8. The molecule has 1 aromatic rings. The normalized spacial score (nSPS) is 16.9. The predicted molar refractivity (Wildman–Crippen MR) is 72.3 cm³/mol. The first kappa shape index (κ1) is 11.5. The van der Waals surface area contributed by atoms with Crippen molar-refractivity contribution in [1.29, 1.82) is 0 Å². The molecule has 0 unspecified atom stereocenters. The fraction of sp³-hybridized carbons (Fsp3) is 0.500. The molecule has 1 saturated carbocycles. The molecule has 0 radical (unpaired) electrons. The van der Waals surface area contributed by atoms with E-state index in [1.54, 1.807) is 0 Å². The van der Waals surface area contributed by atoms with E-state index >= 15 is 0 Å². The first-order valence-corrected chi connectivity index (χ1v) is 7.04. The Labute approximate surface area is 108 Å². The number of benzene rings is 1. The third kappa shape index (κ3) is 2.97. The van der Waals surface area contributed by atoms with Crippen molar-refractivity contribution in [2.75, 3.05) is 11.9 Å². The van der Waals surface area contributed by atoms with Gasteiger partial charge in [-0.3, -0.25) is 0 Å². The van der Waals surface area contributed by atoms with E-state index in [1.165, 1.54) is 31.4 Å². The number of hydrogen-bond donors (Lipinski definition) is 1. The van der Waals surface area contributed by atoms with Crippen molar-refractivity contribution in [1.82, 2.24) is 0 Å². The Morgan fingerprint density at radius 3 is 2.33 bits per heavy atom. The Morgan fingerprint density at radius 1 is 1.13 bits per heavy atom. The highest BCUT2D eigenvalue weighted by molar-refractivity contribution is 9.11. The fourth-order valence-corrected chi connectivity index (χ4v) is 3.41. The Hall–Kier alpha value is -0.0200. The lowest BCUT2D eigenvalue weighted by Gasteiger charge is -2.14. The van der Waals surface area contributed by atoms with Gasteiger partial charge in [0.2, 0.25) is 0 Å². The van der Waals surface area contributed by atoms with Crippen LogP contribution in [0.1, 0.15) is 25.7 Å². The van der Waals surface area contributed by atoms with Crippen molar-refractivity contribution in [3.05, 3.63) is 27.1 Å². The number of hydrogen-bond acceptors (Lipinski definition) is 1. The average Bonchev–Trinajstić information content (AvgIpc) is 2.70. The summed E-state index contributed by atoms with van der Waals surface area (Å²) in [5.41, 5.74) is 1.18. The molecular weight excluding hydrogens is 318 g/mol. The molecule has 0 amide bonds. The summed E-state index contributed by atoms with van der Waals surface area (Å²) in [5, 5.41) is 3.53. The van der Waals surface area contributed by atoms with Gasteiger partial charge in [-0.05, 0) is 62.8 Å². The SMILES string of the molecule is Brc1cccc(Br)c1NCC1CCCC1. The lowest BCUT2D eigenvalue weighted by Crippen LogP contribution is -2.11. The molecule has 1 aromatic carbocycles. The molecule has 0 aliphatic heterocycles. The lowest BCUT2D eigenvalue weighted by molar-refractivity contribution is 0.579. The second-order valence-electron chi connectivity index (χ2n) is 4.13. The monoisotopic (exact) mass is 331 g/mol. The Bertz CT molecular complexity index is 312. The Morgan fingerprint density at radius 2 is 1.73 bits per heavy atom. The number of para-hydroxylation sites is 1. The highest BCUT2D eigenvalue weighted by Crippen LogP contribution is 2.32. The van der Waals surface area contributed by atoms with Gasteiger partial charge in [0.15, 0.2) is 0 Å². The van der Waals surface area contributed by atoms with Crippen molar-refractivity contribution < 1.29 is 0 Å². The zero-order chi connectivity index (χ0) is 10.7. The van der Waals surface area contributed by atoms with Crippen LogP contribution in [0.2, 0.25) is 0 Å². The maximum absolute atomic E-state index is 3.56. The van der Waals surface area contributed by atoms with Crippen molar-refractivity contribution in [3.8, 4) is 0 Å². The van der Waals surface area contributed by atoms with Crippen molar-refractivity contribution in [2.45, 2.75) is 25.7 Å². The summed E-state index contributed by atoms with van der Waals surface area (Å²) in [6.07, 6.45) is 5.58. The Balaban J connectivity index is 1.97. The quantitative estimate of drug-likeness (QED) is 0.837. The van der Waals surface area contributed by atoms with Gasteiger partial charge < -0.3 is 5.32 Å². The highest BCUT2D eigenvalue weighted by Gasteiger charge is 2.15. The summed E-state index contributed by atoms with van der Waals surface area (Å²) >= 11 is 7.13. The molecule has 2 rings (SSSR count).